The summed E-state index contributed by atoms with van der Waals surface area (Å²) >= 11 is 6.14. The van der Waals surface area contributed by atoms with E-state index in [2.05, 4.69) is 4.90 Å². The molecule has 1 amide bonds. The van der Waals surface area contributed by atoms with E-state index in [0.29, 0.717) is 18.7 Å². The number of nitrogens with zero attached hydrogens (tertiary/aromatic N) is 2. The number of halogens is 1. The van der Waals surface area contributed by atoms with E-state index in [4.69, 9.17) is 21.1 Å². The highest BCUT2D eigenvalue weighted by Gasteiger charge is 2.42. The molecule has 2 saturated heterocycles. The fourth-order valence-electron chi connectivity index (χ4n) is 5.62. The normalized spacial score (nSPS) is 21.9. The van der Waals surface area contributed by atoms with E-state index in [-0.39, 0.29) is 42.3 Å². The van der Waals surface area contributed by atoms with E-state index in [1.807, 2.05) is 18.2 Å². The predicted molar refractivity (Wildman–Crippen MR) is 135 cm³/mol. The van der Waals surface area contributed by atoms with Crippen molar-refractivity contribution in [3.8, 4) is 17.2 Å². The van der Waals surface area contributed by atoms with Gasteiger partial charge in [-0.3, -0.25) is 4.79 Å². The van der Waals surface area contributed by atoms with E-state index in [9.17, 15) is 20.1 Å². The van der Waals surface area contributed by atoms with Crippen LogP contribution in [-0.4, -0.2) is 88.2 Å². The Morgan fingerprint density at radius 2 is 2.00 bits per heavy atom. The number of phenols is 1. The zero-order valence-electron chi connectivity index (χ0n) is 20.2. The molecule has 0 bridgehead atoms. The molecule has 2 aromatic rings. The molecule has 36 heavy (non-hydrogen) atoms. The summed E-state index contributed by atoms with van der Waals surface area (Å²) in [4.78, 5) is 16.9. The minimum atomic E-state index is -0.762. The molecule has 3 N–H and O–H groups in total. The number of benzene rings is 2. The first-order valence-electron chi connectivity index (χ1n) is 12.6. The lowest BCUT2D eigenvalue weighted by Crippen LogP contribution is -2.49. The first-order valence-corrected chi connectivity index (χ1v) is 13.0. The maximum Gasteiger partial charge on any atom is 0.257 e. The number of rotatable bonds is 7. The molecule has 2 atom stereocenters. The number of β-amino-alcohol motifs (C(OH)–C–C–N with tert-alkyl or cyclic N) is 1. The van der Waals surface area contributed by atoms with Crippen LogP contribution in [0.1, 0.15) is 41.6 Å². The second-order valence-corrected chi connectivity index (χ2v) is 10.6. The molecule has 8 nitrogen and oxygen atoms in total. The van der Waals surface area contributed by atoms with Gasteiger partial charge in [0.1, 0.15) is 35.6 Å². The molecular formula is C27H33ClN2O6. The van der Waals surface area contributed by atoms with Gasteiger partial charge in [-0.05, 0) is 48.7 Å². The SMILES string of the molecule is O=C(c1ccc(O)cc1OC[C@@H](O)CN1CCC2(CC1)Cc1cc(Cl)ccc1O2)N1CCC[C@@H]1CO. The van der Waals surface area contributed by atoms with Crippen LogP contribution in [0.4, 0.5) is 0 Å². The highest BCUT2D eigenvalue weighted by molar-refractivity contribution is 6.30. The number of likely N-dealkylation sites (tertiary alicyclic amines) is 2. The summed E-state index contributed by atoms with van der Waals surface area (Å²) in [5.41, 5.74) is 1.27. The number of carbonyl (C=O) groups is 1. The maximum atomic E-state index is 13.1. The lowest BCUT2D eigenvalue weighted by atomic mass is 9.87. The Bertz CT molecular complexity index is 1100. The van der Waals surface area contributed by atoms with E-state index in [0.717, 1.165) is 61.5 Å². The number of ether oxygens (including phenoxy) is 2. The van der Waals surface area contributed by atoms with Crippen LogP contribution in [-0.2, 0) is 6.42 Å². The first-order chi connectivity index (χ1) is 17.4. The Hall–Kier alpha value is -2.52. The van der Waals surface area contributed by atoms with Gasteiger partial charge in [0.25, 0.3) is 5.91 Å². The number of fused-ring (bicyclic) bond motifs is 1. The number of aromatic hydroxyl groups is 1. The van der Waals surface area contributed by atoms with Gasteiger partial charge >= 0.3 is 0 Å². The third-order valence-corrected chi connectivity index (χ3v) is 7.81. The van der Waals surface area contributed by atoms with Gasteiger partial charge in [0.15, 0.2) is 0 Å². The summed E-state index contributed by atoms with van der Waals surface area (Å²) in [5.74, 6) is 0.889. The number of amides is 1. The highest BCUT2D eigenvalue weighted by atomic mass is 35.5. The number of aliphatic hydroxyl groups is 2. The molecule has 2 fully saturated rings. The van der Waals surface area contributed by atoms with Crippen molar-refractivity contribution in [3.63, 3.8) is 0 Å². The molecule has 9 heteroatoms. The van der Waals surface area contributed by atoms with E-state index in [1.54, 1.807) is 4.90 Å². The van der Waals surface area contributed by atoms with Crippen molar-refractivity contribution in [1.29, 1.82) is 0 Å². The van der Waals surface area contributed by atoms with Gasteiger partial charge in [-0.2, -0.15) is 0 Å². The molecular weight excluding hydrogens is 484 g/mol. The van der Waals surface area contributed by atoms with Crippen molar-refractivity contribution in [2.75, 3.05) is 39.4 Å². The third-order valence-electron chi connectivity index (χ3n) is 7.57. The van der Waals surface area contributed by atoms with Crippen molar-refractivity contribution in [2.24, 2.45) is 0 Å². The van der Waals surface area contributed by atoms with Crippen molar-refractivity contribution in [1.82, 2.24) is 9.80 Å². The molecule has 5 rings (SSSR count). The number of hydrogen-bond acceptors (Lipinski definition) is 7. The molecule has 194 valence electrons. The van der Waals surface area contributed by atoms with E-state index >= 15 is 0 Å². The lowest BCUT2D eigenvalue weighted by Gasteiger charge is -2.39. The predicted octanol–water partition coefficient (Wildman–Crippen LogP) is 2.85. The summed E-state index contributed by atoms with van der Waals surface area (Å²) in [7, 11) is 0. The second kappa shape index (κ2) is 10.5. The number of hydrogen-bond donors (Lipinski definition) is 3. The van der Waals surface area contributed by atoms with Crippen molar-refractivity contribution in [3.05, 3.63) is 52.5 Å². The minimum absolute atomic E-state index is 0.00472. The second-order valence-electron chi connectivity index (χ2n) is 10.1. The van der Waals surface area contributed by atoms with Crippen LogP contribution in [0.2, 0.25) is 5.02 Å². The summed E-state index contributed by atoms with van der Waals surface area (Å²) in [6.45, 7) is 2.52. The van der Waals surface area contributed by atoms with Gasteiger partial charge in [0.05, 0.1) is 18.2 Å². The topological polar surface area (TPSA) is 103 Å². The lowest BCUT2D eigenvalue weighted by molar-refractivity contribution is -0.00203. The van der Waals surface area contributed by atoms with Crippen molar-refractivity contribution >= 4 is 17.5 Å². The third kappa shape index (κ3) is 5.27. The maximum absolute atomic E-state index is 13.1. The largest absolute Gasteiger partial charge is 0.508 e. The Labute approximate surface area is 216 Å². The Balaban J connectivity index is 1.14. The Kier molecular flexibility index (Phi) is 7.30. The van der Waals surface area contributed by atoms with Crippen LogP contribution in [0.3, 0.4) is 0 Å². The zero-order valence-corrected chi connectivity index (χ0v) is 21.0. The van der Waals surface area contributed by atoms with Crippen molar-refractivity contribution in [2.45, 2.75) is 49.9 Å². The van der Waals surface area contributed by atoms with Crippen LogP contribution < -0.4 is 9.47 Å². The van der Waals surface area contributed by atoms with Gasteiger partial charge in [0.2, 0.25) is 0 Å². The summed E-state index contributed by atoms with van der Waals surface area (Å²) < 4.78 is 12.1. The summed E-state index contributed by atoms with van der Waals surface area (Å²) in [6.07, 6.45) is 3.41. The van der Waals surface area contributed by atoms with Crippen LogP contribution in [0, 0.1) is 0 Å². The molecule has 3 aliphatic rings. The van der Waals surface area contributed by atoms with Gasteiger partial charge in [-0.1, -0.05) is 11.6 Å². The van der Waals surface area contributed by atoms with Crippen LogP contribution in [0.15, 0.2) is 36.4 Å². The minimum Gasteiger partial charge on any atom is -0.508 e. The van der Waals surface area contributed by atoms with Gasteiger partial charge in [-0.15, -0.1) is 0 Å². The molecule has 0 aromatic heterocycles. The monoisotopic (exact) mass is 516 g/mol. The molecule has 0 aliphatic carbocycles. The quantitative estimate of drug-likeness (QED) is 0.520. The first kappa shape index (κ1) is 25.1. The fourth-order valence-corrected chi connectivity index (χ4v) is 5.81. The van der Waals surface area contributed by atoms with Gasteiger partial charge in [0, 0.05) is 56.5 Å². The zero-order chi connectivity index (χ0) is 25.3. The Morgan fingerprint density at radius 3 is 2.78 bits per heavy atom. The molecule has 0 radical (unpaired) electrons. The highest BCUT2D eigenvalue weighted by Crippen LogP contribution is 2.42. The molecule has 3 aliphatic heterocycles. The Morgan fingerprint density at radius 1 is 1.19 bits per heavy atom. The number of carbonyl (C=O) groups excluding carboxylic acids is 1. The molecule has 2 aromatic carbocycles. The molecule has 0 unspecified atom stereocenters. The van der Waals surface area contributed by atoms with Crippen LogP contribution in [0.25, 0.3) is 0 Å². The number of phenolic OH excluding ortho intramolecular Hbond substituents is 1. The smallest absolute Gasteiger partial charge is 0.257 e. The number of aliphatic hydroxyl groups excluding tert-OH is 2. The van der Waals surface area contributed by atoms with E-state index < -0.39 is 6.10 Å². The van der Waals surface area contributed by atoms with Crippen molar-refractivity contribution < 1.29 is 29.6 Å². The molecule has 3 heterocycles. The number of piperidine rings is 1. The van der Waals surface area contributed by atoms with Crippen LogP contribution in [0.5, 0.6) is 17.2 Å². The summed E-state index contributed by atoms with van der Waals surface area (Å²) in [5, 5.41) is 30.9. The summed E-state index contributed by atoms with van der Waals surface area (Å²) in [6, 6.07) is 9.94. The average molecular weight is 517 g/mol. The fraction of sp³-hybridized carbons (Fsp3) is 0.519. The standard InChI is InChI=1S/C27H33ClN2O6/c28-19-3-6-24-18(12-19)14-27(36-24)7-10-29(11-8-27)15-22(33)17-35-25-13-21(32)4-5-23(25)26(34)30-9-1-2-20(30)16-31/h3-6,12-13,20,22,31-33H,1-2,7-11,14-17H2/t20-,22+/m1/s1. The average Bonchev–Trinajstić information content (AvgIpc) is 3.48. The molecule has 1 spiro atoms. The van der Waals surface area contributed by atoms with Gasteiger partial charge < -0.3 is 34.6 Å². The van der Waals surface area contributed by atoms with Gasteiger partial charge in [-0.25, -0.2) is 0 Å². The van der Waals surface area contributed by atoms with Crippen LogP contribution >= 0.6 is 11.6 Å². The van der Waals surface area contributed by atoms with E-state index in [1.165, 1.54) is 18.2 Å². The molecule has 0 saturated carbocycles.